The molecule has 20 heterocycles. The second kappa shape index (κ2) is 42.4. The van der Waals surface area contributed by atoms with Crippen LogP contribution in [0.2, 0.25) is 0 Å². The van der Waals surface area contributed by atoms with Gasteiger partial charge in [0.25, 0.3) is 0 Å². The summed E-state index contributed by atoms with van der Waals surface area (Å²) in [5.41, 5.74) is 2.56. The van der Waals surface area contributed by atoms with Gasteiger partial charge in [-0.3, -0.25) is 4.21 Å². The van der Waals surface area contributed by atoms with E-state index in [-0.39, 0.29) is 76.4 Å². The van der Waals surface area contributed by atoms with Crippen LogP contribution in [0.4, 0.5) is 0 Å². The van der Waals surface area contributed by atoms with E-state index in [9.17, 15) is 50.9 Å². The monoisotopic (exact) mass is 1860 g/mol. The summed E-state index contributed by atoms with van der Waals surface area (Å²) in [6.07, 6.45) is 69.9. The predicted octanol–water partition coefficient (Wildman–Crippen LogP) is 24.6. The first-order valence-corrected chi connectivity index (χ1v) is 65.4. The Bertz CT molecular complexity index is 4160. The van der Waals surface area contributed by atoms with Crippen molar-refractivity contribution in [3.05, 3.63) is 23.3 Å². The first kappa shape index (κ1) is 95.6. The molecule has 0 radical (unpaired) electrons. The molecule has 18 heteroatoms. The first-order chi connectivity index (χ1) is 60.6. The quantitative estimate of drug-likeness (QED) is 0.241. The first-order valence-electron chi connectivity index (χ1n) is 55.0. The van der Waals surface area contributed by atoms with Gasteiger partial charge in [0.1, 0.15) is 0 Å². The van der Waals surface area contributed by atoms with Gasteiger partial charge in [-0.05, 0) is 561 Å². The minimum atomic E-state index is -3.33. The highest BCUT2D eigenvalue weighted by atomic mass is 32.2. The number of hydrogen-bond donors (Lipinski definition) is 0. The topological polar surface area (TPSA) is 211 Å². The summed E-state index contributed by atoms with van der Waals surface area (Å²) in [5.74, 6) is 21.5. The summed E-state index contributed by atoms with van der Waals surface area (Å²) < 4.78 is 170. The number of allylic oxidation sites excluding steroid dienone is 3. The van der Waals surface area contributed by atoms with Gasteiger partial charge in [-0.25, -0.2) is 42.1 Å². The average molecular weight is 1860 g/mol. The van der Waals surface area contributed by atoms with E-state index in [1.54, 1.807) is 0 Å². The highest BCUT2D eigenvalue weighted by Gasteiger charge is 2.50. The van der Waals surface area contributed by atoms with Gasteiger partial charge in [0.15, 0.2) is 49.2 Å². The van der Waals surface area contributed by atoms with Crippen molar-refractivity contribution in [1.82, 2.24) is 0 Å². The molecule has 0 amide bonds. The Morgan fingerprint density at radius 2 is 0.429 bits per heavy atom. The molecular formula is C108H177O12S6-. The third kappa shape index (κ3) is 25.4. The molecule has 15 saturated carbocycles. The molecular weight excluding hydrogens is 1680 g/mol. The van der Waals surface area contributed by atoms with E-state index >= 15 is 0 Å². The molecule has 0 aromatic carbocycles. The third-order valence-electron chi connectivity index (χ3n) is 42.5. The van der Waals surface area contributed by atoms with E-state index < -0.39 is 60.3 Å². The van der Waals surface area contributed by atoms with Crippen molar-refractivity contribution < 1.29 is 50.9 Å². The van der Waals surface area contributed by atoms with Gasteiger partial charge >= 0.3 is 0 Å². The lowest BCUT2D eigenvalue weighted by Gasteiger charge is -2.48. The molecule has 27 fully saturated rings. The largest absolute Gasteiger partial charge is 0.772 e. The molecule has 0 N–H and O–H groups in total. The van der Waals surface area contributed by atoms with Crippen LogP contribution in [0.1, 0.15) is 379 Å². The summed E-state index contributed by atoms with van der Waals surface area (Å²) in [6.45, 7) is 2.47. The summed E-state index contributed by atoms with van der Waals surface area (Å²) in [6, 6.07) is 0. The molecule has 16 aliphatic carbocycles. The van der Waals surface area contributed by atoms with Gasteiger partial charge in [-0.1, -0.05) is 54.1 Å². The number of hydrogen-bond acceptors (Lipinski definition) is 12. The molecule has 13 atom stereocenters. The molecule has 12 saturated heterocycles. The Labute approximate surface area is 772 Å². The van der Waals surface area contributed by atoms with Crippen LogP contribution < -0.4 is 0 Å². The fourth-order valence-corrected chi connectivity index (χ4v) is 47.2. The zero-order valence-electron chi connectivity index (χ0n) is 78.9. The Balaban J connectivity index is 0.588. The van der Waals surface area contributed by atoms with Crippen molar-refractivity contribution in [2.45, 2.75) is 379 Å². The van der Waals surface area contributed by atoms with Crippen LogP contribution >= 0.6 is 0 Å². The minimum Gasteiger partial charge on any atom is -0.772 e. The van der Waals surface area contributed by atoms with E-state index in [1.165, 1.54) is 134 Å². The van der Waals surface area contributed by atoms with Crippen LogP contribution in [0.25, 0.3) is 0 Å². The van der Waals surface area contributed by atoms with Crippen LogP contribution in [0.15, 0.2) is 23.3 Å². The normalized spacial score (nSPS) is 47.5. The van der Waals surface area contributed by atoms with Crippen molar-refractivity contribution in [3.8, 4) is 0 Å². The molecule has 718 valence electrons. The highest BCUT2D eigenvalue weighted by Crippen LogP contribution is 2.59. The molecule has 36 aliphatic rings. The predicted molar refractivity (Wildman–Crippen MR) is 515 cm³/mol. The van der Waals surface area contributed by atoms with Crippen molar-refractivity contribution in [1.29, 1.82) is 0 Å². The lowest BCUT2D eigenvalue weighted by molar-refractivity contribution is 0.0344. The van der Waals surface area contributed by atoms with Gasteiger partial charge in [0, 0.05) is 5.75 Å². The molecule has 36 rings (SSSR count). The summed E-state index contributed by atoms with van der Waals surface area (Å²) in [7, 11) is -16.2. The van der Waals surface area contributed by atoms with Crippen LogP contribution in [-0.4, -0.2) is 114 Å². The van der Waals surface area contributed by atoms with Crippen molar-refractivity contribution in [2.75, 3.05) is 63.3 Å². The maximum absolute atomic E-state index is 14.7. The van der Waals surface area contributed by atoms with E-state index in [2.05, 4.69) is 19.1 Å². The van der Waals surface area contributed by atoms with Crippen LogP contribution in [0, 0.1) is 201 Å². The Kier molecular flexibility index (Phi) is 32.1. The standard InChI is InChI=1S/C108H178O12S6/c1-73-2-26-85(27-3-73)97-50-99-54-100(51-97)88-32-8-76(9-33-88)64-123(113,114)68-80-16-40-92(41-17-80)104-57-106-61-108(59-104)96-48-24-84(25-49-96)72-126(119,120)71-83-22-46-95(47-23-83)107-58-103(91-38-14-79(15-39-91)67-122(111,112)63-75-6-30-87(99)31-7-75)56-105(60-107)93-42-18-81(19-43-93)69-124(115,116)65-77-10-34-89(35-11-77)101-52-98(86-28-4-74(5-29-86)62-121(109)110)53-102(55-101)90-36-12-78(13-37-90)66-125(117,118)70-82-20-44-94(106)45-21-82/h10,34,73-76,78-88,90-108H,2-9,11-33,35-72H2,1H3,(H,109,110)/p-1/t73?,74?,75?,76?,78?,79?,80?,81?,82?,83?,84?,85?,86?,87?,88?,90?,91?,92?,93?,94?,95?,96?,97-,98-,99?,100?,101+,102?,103?,104-,105?,106?,107?,108-/m0/s1. The average Bonchev–Trinajstić information content (AvgIpc) is 0.807. The molecule has 0 aromatic heterocycles. The zero-order valence-corrected chi connectivity index (χ0v) is 83.8. The van der Waals surface area contributed by atoms with Crippen molar-refractivity contribution in [2.24, 2.45) is 201 Å². The molecule has 8 unspecified atom stereocenters. The van der Waals surface area contributed by atoms with E-state index in [0.717, 1.165) is 279 Å². The van der Waals surface area contributed by atoms with Crippen LogP contribution in [-0.2, 0) is 60.3 Å². The van der Waals surface area contributed by atoms with E-state index in [1.807, 2.05) is 0 Å². The van der Waals surface area contributed by atoms with Gasteiger partial charge < -0.3 is 4.55 Å². The zero-order chi connectivity index (χ0) is 87.1. The van der Waals surface area contributed by atoms with Gasteiger partial charge in [-0.2, -0.15) is 0 Å². The molecule has 30 bridgehead atoms. The fraction of sp³-hybridized carbons (Fsp3) is 0.963. The van der Waals surface area contributed by atoms with Gasteiger partial charge in [0.2, 0.25) is 0 Å². The Morgan fingerprint density at radius 1 is 0.238 bits per heavy atom. The lowest BCUT2D eigenvalue weighted by atomic mass is 9.58. The summed E-state index contributed by atoms with van der Waals surface area (Å²) in [4.78, 5) is 0. The van der Waals surface area contributed by atoms with Crippen LogP contribution in [0.5, 0.6) is 0 Å². The highest BCUT2D eigenvalue weighted by molar-refractivity contribution is 7.92. The lowest BCUT2D eigenvalue weighted by Crippen LogP contribution is -2.39. The minimum absolute atomic E-state index is 0.158. The third-order valence-corrected chi connectivity index (χ3v) is 52.9. The SMILES string of the molecule is CC1CCC([C@H]2CC3CC(C2)C2CCC(CC2)CS(=O)(=O)CC2CCC(CC2)[C@H]2CC4C[C@H](C2)C2CCC(CC2)CS(=O)(=O)CC2CCC(CC2)C2CC(CC(C2)C2CCC(CC2)CS(=O)(=O)CC2CCC3CC2)C2CCC(CC2)CS(=O)(=O)CC2=CC=C(CC2)[C@H]2CC(C[C@@H](C3CCC(CS(=O)[O-])CC3)C2)C2CCC(CC2)CS(=O)(=O)CC2CCC4CC2)CC1. The smallest absolute Gasteiger partial charge is 0.154 e. The number of sulfone groups is 5. The van der Waals surface area contributed by atoms with Gasteiger partial charge in [0.05, 0.1) is 57.5 Å². The van der Waals surface area contributed by atoms with E-state index in [0.29, 0.717) is 158 Å². The molecule has 126 heavy (non-hydrogen) atoms. The van der Waals surface area contributed by atoms with Crippen molar-refractivity contribution >= 4 is 60.3 Å². The summed E-state index contributed by atoms with van der Waals surface area (Å²) >= 11 is -2.02. The second-order valence-electron chi connectivity index (χ2n) is 50.6. The summed E-state index contributed by atoms with van der Waals surface area (Å²) in [5, 5.41) is 0. The maximum atomic E-state index is 14.7. The Morgan fingerprint density at radius 3 is 0.627 bits per heavy atom. The molecule has 0 spiro atoms. The second-order valence-corrected chi connectivity index (χ2v) is 62.3. The van der Waals surface area contributed by atoms with Crippen LogP contribution in [0.3, 0.4) is 0 Å². The maximum Gasteiger partial charge on any atom is 0.154 e. The molecule has 0 aromatic rings. The van der Waals surface area contributed by atoms with E-state index in [4.69, 9.17) is 0 Å². The number of rotatable bonds is 4. The Hall–Kier alpha value is -0.660. The van der Waals surface area contributed by atoms with Crippen molar-refractivity contribution in [3.63, 3.8) is 0 Å². The molecule has 12 nitrogen and oxygen atoms in total. The molecule has 20 aliphatic heterocycles. The van der Waals surface area contributed by atoms with Gasteiger partial charge in [-0.15, -0.1) is 0 Å². The fourth-order valence-electron chi connectivity index (χ4n) is 35.5.